The van der Waals surface area contributed by atoms with Gasteiger partial charge in [0.2, 0.25) is 0 Å². The van der Waals surface area contributed by atoms with Crippen molar-refractivity contribution in [1.29, 1.82) is 0 Å². The molecule has 154 valence electrons. The molecule has 3 heterocycles. The van der Waals surface area contributed by atoms with Gasteiger partial charge in [-0.1, -0.05) is 23.7 Å². The maximum atomic E-state index is 11.8. The highest BCUT2D eigenvalue weighted by atomic mass is 35.5. The van der Waals surface area contributed by atoms with Crippen LogP contribution in [0, 0.1) is 0 Å². The molecule has 0 saturated carbocycles. The summed E-state index contributed by atoms with van der Waals surface area (Å²) in [6.45, 7) is 0. The third-order valence-corrected chi connectivity index (χ3v) is 6.47. The first-order valence-electron chi connectivity index (χ1n) is 9.48. The number of fused-ring (bicyclic) bond motifs is 1. The van der Waals surface area contributed by atoms with Crippen molar-refractivity contribution in [3.8, 4) is 28.2 Å². The van der Waals surface area contributed by atoms with Gasteiger partial charge in [-0.05, 0) is 54.6 Å². The van der Waals surface area contributed by atoms with Gasteiger partial charge in [-0.25, -0.2) is 18.1 Å². The highest BCUT2D eigenvalue weighted by Crippen LogP contribution is 2.27. The largest absolute Gasteiger partial charge is 0.299 e. The Morgan fingerprint density at radius 1 is 0.839 bits per heavy atom. The zero-order valence-electron chi connectivity index (χ0n) is 16.5. The summed E-state index contributed by atoms with van der Waals surface area (Å²) in [4.78, 5) is 4.78. The molecule has 3 aromatic heterocycles. The Hall–Kier alpha value is -3.42. The second-order valence-electron chi connectivity index (χ2n) is 7.19. The van der Waals surface area contributed by atoms with Gasteiger partial charge in [0.1, 0.15) is 5.65 Å². The molecule has 5 aromatic rings. The first-order valence-corrected chi connectivity index (χ1v) is 11.7. The molecule has 31 heavy (non-hydrogen) atoms. The van der Waals surface area contributed by atoms with E-state index in [1.165, 1.54) is 6.26 Å². The van der Waals surface area contributed by atoms with E-state index in [4.69, 9.17) is 11.6 Å². The molecule has 0 aliphatic heterocycles. The Morgan fingerprint density at radius 2 is 1.55 bits per heavy atom. The first kappa shape index (κ1) is 19.5. The van der Waals surface area contributed by atoms with Crippen LogP contribution in [0.2, 0.25) is 5.02 Å². The molecule has 0 unspecified atom stereocenters. The number of nitrogens with zero attached hydrogens (tertiary/aromatic N) is 4. The van der Waals surface area contributed by atoms with Gasteiger partial charge in [0.05, 0.1) is 34.4 Å². The van der Waals surface area contributed by atoms with E-state index in [0.717, 1.165) is 33.8 Å². The second kappa shape index (κ2) is 7.37. The fourth-order valence-corrected chi connectivity index (χ4v) is 4.28. The highest BCUT2D eigenvalue weighted by molar-refractivity contribution is 7.90. The Labute approximate surface area is 184 Å². The Bertz CT molecular complexity index is 1500. The third-order valence-electron chi connectivity index (χ3n) is 5.09. The lowest BCUT2D eigenvalue weighted by molar-refractivity contribution is 0.602. The summed E-state index contributed by atoms with van der Waals surface area (Å²) in [5.41, 5.74) is 5.34. The average molecular weight is 449 g/mol. The van der Waals surface area contributed by atoms with E-state index >= 15 is 0 Å². The summed E-state index contributed by atoms with van der Waals surface area (Å²) >= 11 is 6.02. The van der Waals surface area contributed by atoms with E-state index in [9.17, 15) is 8.42 Å². The van der Waals surface area contributed by atoms with E-state index in [0.29, 0.717) is 5.02 Å². The number of pyridine rings is 1. The van der Waals surface area contributed by atoms with Crippen LogP contribution in [0.25, 0.3) is 33.8 Å². The first-order chi connectivity index (χ1) is 14.9. The van der Waals surface area contributed by atoms with E-state index in [-0.39, 0.29) is 4.90 Å². The van der Waals surface area contributed by atoms with Gasteiger partial charge in [-0.2, -0.15) is 5.10 Å². The predicted molar refractivity (Wildman–Crippen MR) is 121 cm³/mol. The molecule has 8 heteroatoms. The monoisotopic (exact) mass is 448 g/mol. The van der Waals surface area contributed by atoms with Crippen molar-refractivity contribution in [1.82, 2.24) is 19.2 Å². The van der Waals surface area contributed by atoms with Crippen molar-refractivity contribution in [2.45, 2.75) is 4.90 Å². The molecule has 0 N–H and O–H groups in total. The minimum Gasteiger partial charge on any atom is -0.299 e. The fraction of sp³-hybridized carbons (Fsp3) is 0.0435. The van der Waals surface area contributed by atoms with Crippen LogP contribution in [0.15, 0.2) is 90.2 Å². The van der Waals surface area contributed by atoms with Gasteiger partial charge >= 0.3 is 0 Å². The molecule has 0 radical (unpaired) electrons. The van der Waals surface area contributed by atoms with Crippen LogP contribution in [0.1, 0.15) is 0 Å². The Balaban J connectivity index is 1.60. The minimum atomic E-state index is -3.24. The summed E-state index contributed by atoms with van der Waals surface area (Å²) < 4.78 is 27.4. The lowest BCUT2D eigenvalue weighted by atomic mass is 10.1. The lowest BCUT2D eigenvalue weighted by Crippen LogP contribution is -2.00. The van der Waals surface area contributed by atoms with Gasteiger partial charge in [0.15, 0.2) is 9.84 Å². The van der Waals surface area contributed by atoms with Crippen molar-refractivity contribution < 1.29 is 8.42 Å². The molecule has 0 fully saturated rings. The third kappa shape index (κ3) is 3.62. The summed E-state index contributed by atoms with van der Waals surface area (Å²) in [5.74, 6) is 0. The molecule has 2 aromatic carbocycles. The number of hydrogen-bond donors (Lipinski definition) is 0. The number of rotatable bonds is 4. The molecule has 0 saturated heterocycles. The lowest BCUT2D eigenvalue weighted by Gasteiger charge is -2.09. The van der Waals surface area contributed by atoms with Crippen molar-refractivity contribution in [3.05, 3.63) is 90.3 Å². The van der Waals surface area contributed by atoms with Gasteiger partial charge < -0.3 is 0 Å². The molecule has 0 spiro atoms. The van der Waals surface area contributed by atoms with Crippen molar-refractivity contribution >= 4 is 27.1 Å². The standard InChI is InChI=1S/C23H17ClN4O2S/c1-31(29,30)20-9-2-16(3-10-20)22-14-25-23-11-4-17(15-27(22)23)21-12-13-26-28(21)19-7-5-18(24)6-8-19/h2-15H,1H3. The summed E-state index contributed by atoms with van der Waals surface area (Å²) in [5, 5.41) is 5.14. The molecular formula is C23H17ClN4O2S. The van der Waals surface area contributed by atoms with Crippen LogP contribution in [0.3, 0.4) is 0 Å². The van der Waals surface area contributed by atoms with Crippen LogP contribution in [0.4, 0.5) is 0 Å². The van der Waals surface area contributed by atoms with Gasteiger partial charge in [0.25, 0.3) is 0 Å². The summed E-state index contributed by atoms with van der Waals surface area (Å²) in [7, 11) is -3.24. The maximum absolute atomic E-state index is 11.8. The predicted octanol–water partition coefficient (Wildman–Crippen LogP) is 4.91. The topological polar surface area (TPSA) is 69.3 Å². The molecule has 0 aliphatic rings. The number of benzene rings is 2. The fourth-order valence-electron chi connectivity index (χ4n) is 3.53. The van der Waals surface area contributed by atoms with Crippen LogP contribution in [-0.4, -0.2) is 33.8 Å². The van der Waals surface area contributed by atoms with Crippen molar-refractivity contribution in [2.75, 3.05) is 6.26 Å². The van der Waals surface area contributed by atoms with Crippen molar-refractivity contribution in [3.63, 3.8) is 0 Å². The highest BCUT2D eigenvalue weighted by Gasteiger charge is 2.13. The zero-order chi connectivity index (χ0) is 21.6. The summed E-state index contributed by atoms with van der Waals surface area (Å²) in [6.07, 6.45) is 6.75. The number of imidazole rings is 1. The quantitative estimate of drug-likeness (QED) is 0.391. The van der Waals surface area contributed by atoms with Gasteiger partial charge in [-0.15, -0.1) is 0 Å². The van der Waals surface area contributed by atoms with E-state index < -0.39 is 9.84 Å². The molecule has 0 amide bonds. The van der Waals surface area contributed by atoms with Gasteiger partial charge in [0, 0.05) is 28.6 Å². The molecule has 5 rings (SSSR count). The van der Waals surface area contributed by atoms with Crippen LogP contribution >= 0.6 is 11.6 Å². The van der Waals surface area contributed by atoms with Crippen molar-refractivity contribution in [2.24, 2.45) is 0 Å². The molecule has 0 atom stereocenters. The zero-order valence-corrected chi connectivity index (χ0v) is 18.0. The Morgan fingerprint density at radius 3 is 2.26 bits per heavy atom. The van der Waals surface area contributed by atoms with Crippen LogP contribution < -0.4 is 0 Å². The SMILES string of the molecule is CS(=O)(=O)c1ccc(-c2cnc3ccc(-c4ccnn4-c4ccc(Cl)cc4)cn23)cc1. The van der Waals surface area contributed by atoms with Crippen LogP contribution in [-0.2, 0) is 9.84 Å². The van der Waals surface area contributed by atoms with Gasteiger partial charge in [-0.3, -0.25) is 4.40 Å². The second-order valence-corrected chi connectivity index (χ2v) is 9.64. The maximum Gasteiger partial charge on any atom is 0.175 e. The average Bonchev–Trinajstić information content (AvgIpc) is 3.40. The van der Waals surface area contributed by atoms with E-state index in [1.807, 2.05) is 57.7 Å². The number of hydrogen-bond acceptors (Lipinski definition) is 4. The Kier molecular flexibility index (Phi) is 4.64. The molecule has 0 aliphatic carbocycles. The smallest absolute Gasteiger partial charge is 0.175 e. The molecule has 6 nitrogen and oxygen atoms in total. The number of halogens is 1. The van der Waals surface area contributed by atoms with Crippen LogP contribution in [0.5, 0.6) is 0 Å². The normalized spacial score (nSPS) is 11.8. The van der Waals surface area contributed by atoms with E-state index in [1.54, 1.807) is 36.7 Å². The molecule has 0 bridgehead atoms. The molecular weight excluding hydrogens is 432 g/mol. The number of aromatic nitrogens is 4. The minimum absolute atomic E-state index is 0.289. The number of sulfone groups is 1. The van der Waals surface area contributed by atoms with E-state index in [2.05, 4.69) is 10.1 Å². The summed E-state index contributed by atoms with van der Waals surface area (Å²) in [6, 6.07) is 20.2.